The number of aliphatic hydroxyl groups excluding tert-OH is 1. The first-order chi connectivity index (χ1) is 13.9. The van der Waals surface area contributed by atoms with Crippen LogP contribution in [0.3, 0.4) is 0 Å². The Bertz CT molecular complexity index is 966. The first kappa shape index (κ1) is 20.1. The minimum Gasteiger partial charge on any atom is -0.507 e. The monoisotopic (exact) mass is 395 g/mol. The molecule has 1 saturated heterocycles. The maximum absolute atomic E-state index is 12.8. The summed E-state index contributed by atoms with van der Waals surface area (Å²) < 4.78 is 5.25. The lowest BCUT2D eigenvalue weighted by Gasteiger charge is -2.25. The van der Waals surface area contributed by atoms with Crippen LogP contribution in [0.1, 0.15) is 30.0 Å². The lowest BCUT2D eigenvalue weighted by atomic mass is 9.95. The van der Waals surface area contributed by atoms with Crippen LogP contribution in [0.15, 0.2) is 60.2 Å². The molecule has 0 radical (unpaired) electrons. The highest BCUT2D eigenvalue weighted by molar-refractivity contribution is 6.46. The molecule has 0 aromatic heterocycles. The molecule has 2 aromatic rings. The van der Waals surface area contributed by atoms with Gasteiger partial charge < -0.3 is 19.8 Å². The molecular formula is C22H21NO6. The average Bonchev–Trinajstić information content (AvgIpc) is 2.98. The maximum atomic E-state index is 12.8. The number of rotatable bonds is 7. The van der Waals surface area contributed by atoms with E-state index < -0.39 is 23.7 Å². The van der Waals surface area contributed by atoms with Crippen molar-refractivity contribution in [2.24, 2.45) is 0 Å². The summed E-state index contributed by atoms with van der Waals surface area (Å²) in [7, 11) is 1.51. The minimum absolute atomic E-state index is 0.0234. The highest BCUT2D eigenvalue weighted by atomic mass is 16.5. The number of ether oxygens (including phenoxy) is 1. The topological polar surface area (TPSA) is 104 Å². The first-order valence-corrected chi connectivity index (χ1v) is 9.13. The van der Waals surface area contributed by atoms with Crippen molar-refractivity contribution in [1.82, 2.24) is 4.90 Å². The molecule has 1 heterocycles. The van der Waals surface area contributed by atoms with Crippen molar-refractivity contribution >= 4 is 23.4 Å². The number of amides is 1. The summed E-state index contributed by atoms with van der Waals surface area (Å²) in [6, 6.07) is 14.6. The van der Waals surface area contributed by atoms with Crippen LogP contribution < -0.4 is 4.74 Å². The van der Waals surface area contributed by atoms with E-state index in [1.165, 1.54) is 12.0 Å². The zero-order valence-electron chi connectivity index (χ0n) is 15.9. The van der Waals surface area contributed by atoms with Crippen molar-refractivity contribution in [2.75, 3.05) is 13.7 Å². The van der Waals surface area contributed by atoms with E-state index in [-0.39, 0.29) is 30.7 Å². The van der Waals surface area contributed by atoms with E-state index in [4.69, 9.17) is 9.84 Å². The van der Waals surface area contributed by atoms with Crippen molar-refractivity contribution in [1.29, 1.82) is 0 Å². The van der Waals surface area contributed by atoms with Crippen LogP contribution in [0.25, 0.3) is 5.76 Å². The number of nitrogens with zero attached hydrogens (tertiary/aromatic N) is 1. The van der Waals surface area contributed by atoms with Crippen molar-refractivity contribution < 1.29 is 29.3 Å². The number of carbonyl (C=O) groups excluding carboxylic acids is 2. The summed E-state index contributed by atoms with van der Waals surface area (Å²) in [6.07, 6.45) is 0.0563. The Morgan fingerprint density at radius 1 is 1.07 bits per heavy atom. The minimum atomic E-state index is -0.983. The molecule has 0 spiro atoms. The van der Waals surface area contributed by atoms with E-state index in [9.17, 15) is 19.5 Å². The Kier molecular flexibility index (Phi) is 5.97. The van der Waals surface area contributed by atoms with Crippen LogP contribution in [0.4, 0.5) is 0 Å². The second kappa shape index (κ2) is 8.60. The Balaban J connectivity index is 2.10. The molecule has 7 heteroatoms. The van der Waals surface area contributed by atoms with Gasteiger partial charge in [0, 0.05) is 18.5 Å². The number of aliphatic hydroxyl groups is 1. The fourth-order valence-corrected chi connectivity index (χ4v) is 3.42. The van der Waals surface area contributed by atoms with Gasteiger partial charge in [-0.15, -0.1) is 0 Å². The molecule has 1 aliphatic heterocycles. The summed E-state index contributed by atoms with van der Waals surface area (Å²) in [4.78, 5) is 37.7. The van der Waals surface area contributed by atoms with Gasteiger partial charge in [-0.1, -0.05) is 42.5 Å². The molecular weight excluding hydrogens is 374 g/mol. The van der Waals surface area contributed by atoms with E-state index in [2.05, 4.69) is 0 Å². The molecule has 0 bridgehead atoms. The van der Waals surface area contributed by atoms with Crippen molar-refractivity contribution in [3.05, 3.63) is 71.3 Å². The molecule has 3 rings (SSSR count). The van der Waals surface area contributed by atoms with Crippen LogP contribution in [-0.2, 0) is 14.4 Å². The quantitative estimate of drug-likeness (QED) is 0.424. The molecule has 29 heavy (non-hydrogen) atoms. The third-order valence-electron chi connectivity index (χ3n) is 4.79. The molecule has 1 aliphatic rings. The average molecular weight is 395 g/mol. The van der Waals surface area contributed by atoms with E-state index >= 15 is 0 Å². The maximum Gasteiger partial charge on any atom is 0.303 e. The van der Waals surface area contributed by atoms with Gasteiger partial charge in [-0.2, -0.15) is 0 Å². The number of Topliss-reactive ketones (excluding diaryl/α,β-unsaturated/α-hetero) is 1. The van der Waals surface area contributed by atoms with Gasteiger partial charge in [-0.3, -0.25) is 14.4 Å². The van der Waals surface area contributed by atoms with E-state index in [0.717, 1.165) is 0 Å². The lowest BCUT2D eigenvalue weighted by Crippen LogP contribution is -2.31. The number of hydrogen-bond acceptors (Lipinski definition) is 5. The van der Waals surface area contributed by atoms with E-state index in [1.807, 2.05) is 0 Å². The summed E-state index contributed by atoms with van der Waals surface area (Å²) >= 11 is 0. The SMILES string of the molecule is COc1cccc([C@@H]2/C(=C(\O)c3ccccc3)C(=O)C(=O)N2CCCC(=O)O)c1. The van der Waals surface area contributed by atoms with Crippen LogP contribution >= 0.6 is 0 Å². The van der Waals surface area contributed by atoms with Gasteiger partial charge in [0.05, 0.1) is 18.7 Å². The number of aliphatic carboxylic acids is 1. The van der Waals surface area contributed by atoms with Crippen molar-refractivity contribution in [2.45, 2.75) is 18.9 Å². The summed E-state index contributed by atoms with van der Waals surface area (Å²) in [6.45, 7) is 0.0737. The van der Waals surface area contributed by atoms with Crippen LogP contribution in [0.2, 0.25) is 0 Å². The van der Waals surface area contributed by atoms with Crippen molar-refractivity contribution in [3.63, 3.8) is 0 Å². The van der Waals surface area contributed by atoms with Gasteiger partial charge in [-0.05, 0) is 24.1 Å². The largest absolute Gasteiger partial charge is 0.507 e. The van der Waals surface area contributed by atoms with E-state index in [1.54, 1.807) is 54.6 Å². The van der Waals surface area contributed by atoms with Crippen LogP contribution in [0.5, 0.6) is 5.75 Å². The molecule has 150 valence electrons. The smallest absolute Gasteiger partial charge is 0.303 e. The fraction of sp³-hybridized carbons (Fsp3) is 0.227. The van der Waals surface area contributed by atoms with Gasteiger partial charge in [-0.25, -0.2) is 0 Å². The highest BCUT2D eigenvalue weighted by Gasteiger charge is 2.45. The molecule has 2 aromatic carbocycles. The number of benzene rings is 2. The number of ketones is 1. The number of carboxylic acid groups (broad SMARTS) is 1. The molecule has 0 saturated carbocycles. The summed E-state index contributed by atoms with van der Waals surface area (Å²) in [5, 5.41) is 19.8. The Labute approximate surface area is 167 Å². The van der Waals surface area contributed by atoms with Crippen LogP contribution in [-0.4, -0.2) is 46.4 Å². The Morgan fingerprint density at radius 2 is 1.79 bits per heavy atom. The lowest BCUT2D eigenvalue weighted by molar-refractivity contribution is -0.140. The highest BCUT2D eigenvalue weighted by Crippen LogP contribution is 2.40. The number of carboxylic acids is 1. The molecule has 1 amide bonds. The molecule has 0 unspecified atom stereocenters. The third-order valence-corrected chi connectivity index (χ3v) is 4.79. The number of carbonyl (C=O) groups is 3. The van der Waals surface area contributed by atoms with Gasteiger partial charge in [0.1, 0.15) is 11.5 Å². The third kappa shape index (κ3) is 4.13. The molecule has 0 aliphatic carbocycles. The van der Waals surface area contributed by atoms with Crippen LogP contribution in [0, 0.1) is 0 Å². The molecule has 7 nitrogen and oxygen atoms in total. The number of hydrogen-bond donors (Lipinski definition) is 2. The zero-order chi connectivity index (χ0) is 21.0. The second-order valence-corrected chi connectivity index (χ2v) is 6.63. The zero-order valence-corrected chi connectivity index (χ0v) is 15.9. The fourth-order valence-electron chi connectivity index (χ4n) is 3.42. The normalized spacial score (nSPS) is 18.1. The predicted octanol–water partition coefficient (Wildman–Crippen LogP) is 2.98. The Morgan fingerprint density at radius 3 is 2.45 bits per heavy atom. The number of methoxy groups -OCH3 is 1. The van der Waals surface area contributed by atoms with E-state index in [0.29, 0.717) is 16.9 Å². The van der Waals surface area contributed by atoms with Gasteiger partial charge >= 0.3 is 5.97 Å². The summed E-state index contributed by atoms with van der Waals surface area (Å²) in [5.41, 5.74) is 0.991. The Hall–Kier alpha value is -3.61. The molecule has 2 N–H and O–H groups in total. The molecule has 1 atom stereocenters. The molecule has 1 fully saturated rings. The van der Waals surface area contributed by atoms with Gasteiger partial charge in [0.25, 0.3) is 11.7 Å². The van der Waals surface area contributed by atoms with Crippen molar-refractivity contribution in [3.8, 4) is 5.75 Å². The number of likely N-dealkylation sites (tertiary alicyclic amines) is 1. The van der Waals surface area contributed by atoms with Gasteiger partial charge in [0.15, 0.2) is 0 Å². The second-order valence-electron chi connectivity index (χ2n) is 6.63. The summed E-state index contributed by atoms with van der Waals surface area (Å²) in [5.74, 6) is -2.27. The van der Waals surface area contributed by atoms with Gasteiger partial charge in [0.2, 0.25) is 0 Å². The predicted molar refractivity (Wildman–Crippen MR) is 105 cm³/mol. The standard InChI is InChI=1S/C22H21NO6/c1-29-16-10-5-9-15(13-16)19-18(20(26)14-7-3-2-4-8-14)21(27)22(28)23(19)12-6-11-17(24)25/h2-5,7-10,13,19,26H,6,11-12H2,1H3,(H,24,25)/b20-18+/t19-/m1/s1. The first-order valence-electron chi connectivity index (χ1n) is 9.13.